The molecule has 1 aromatic heterocycles. The molecule has 0 saturated carbocycles. The van der Waals surface area contributed by atoms with Crippen molar-refractivity contribution in [3.05, 3.63) is 23.0 Å². The van der Waals surface area contributed by atoms with Crippen LogP contribution in [0.25, 0.3) is 0 Å². The summed E-state index contributed by atoms with van der Waals surface area (Å²) in [5.41, 5.74) is 3.77. The predicted octanol–water partition coefficient (Wildman–Crippen LogP) is 4.06. The number of hydrogen-bond donors (Lipinski definition) is 1. The highest BCUT2D eigenvalue weighted by atomic mass is 16.5. The summed E-state index contributed by atoms with van der Waals surface area (Å²) in [7, 11) is 1.74. The second-order valence-electron chi connectivity index (χ2n) is 6.11. The molecule has 0 aliphatic rings. The maximum absolute atomic E-state index is 5.54. The molecule has 0 aromatic carbocycles. The summed E-state index contributed by atoms with van der Waals surface area (Å²) in [5.74, 6) is 0.989. The fourth-order valence-corrected chi connectivity index (χ4v) is 2.95. The van der Waals surface area contributed by atoms with Crippen molar-refractivity contribution >= 4 is 0 Å². The molecule has 0 spiro atoms. The zero-order valence-electron chi connectivity index (χ0n) is 14.7. The van der Waals surface area contributed by atoms with E-state index in [0.717, 1.165) is 43.7 Å². The summed E-state index contributed by atoms with van der Waals surface area (Å²) in [6.07, 6.45) is 6.46. The van der Waals surface area contributed by atoms with Crippen LogP contribution in [0.15, 0.2) is 6.20 Å². The van der Waals surface area contributed by atoms with Crippen molar-refractivity contribution in [1.29, 1.82) is 0 Å². The van der Waals surface area contributed by atoms with Crippen molar-refractivity contribution in [2.24, 2.45) is 5.41 Å². The third kappa shape index (κ3) is 4.44. The van der Waals surface area contributed by atoms with Gasteiger partial charge in [-0.25, -0.2) is 0 Å². The summed E-state index contributed by atoms with van der Waals surface area (Å²) in [6.45, 7) is 13.1. The van der Waals surface area contributed by atoms with E-state index in [0.29, 0.717) is 0 Å². The monoisotopic (exact) mass is 292 g/mol. The van der Waals surface area contributed by atoms with E-state index in [1.54, 1.807) is 7.11 Å². The topological polar surface area (TPSA) is 34.2 Å². The van der Waals surface area contributed by atoms with Gasteiger partial charge in [0, 0.05) is 29.6 Å². The number of pyridine rings is 1. The first-order valence-corrected chi connectivity index (χ1v) is 8.23. The van der Waals surface area contributed by atoms with E-state index in [1.807, 2.05) is 6.20 Å². The van der Waals surface area contributed by atoms with Crippen LogP contribution in [0.4, 0.5) is 0 Å². The average molecular weight is 292 g/mol. The van der Waals surface area contributed by atoms with Crippen LogP contribution < -0.4 is 10.1 Å². The number of methoxy groups -OCH3 is 1. The molecule has 1 rings (SSSR count). The van der Waals surface area contributed by atoms with Crippen LogP contribution in [0, 0.1) is 19.3 Å². The van der Waals surface area contributed by atoms with E-state index >= 15 is 0 Å². The zero-order valence-corrected chi connectivity index (χ0v) is 14.7. The highest BCUT2D eigenvalue weighted by Gasteiger charge is 2.28. The molecule has 0 radical (unpaired) electrons. The Hall–Kier alpha value is -1.09. The number of nitrogens with zero attached hydrogens (tertiary/aromatic N) is 1. The first-order chi connectivity index (χ1) is 10.0. The van der Waals surface area contributed by atoms with Gasteiger partial charge in [0.15, 0.2) is 0 Å². The Labute approximate surface area is 130 Å². The minimum absolute atomic E-state index is 0.285. The normalized spacial score (nSPS) is 11.7. The molecule has 1 N–H and O–H groups in total. The molecule has 1 aromatic rings. The van der Waals surface area contributed by atoms with Gasteiger partial charge in [0.2, 0.25) is 0 Å². The Balaban J connectivity index is 2.98. The number of rotatable bonds is 9. The van der Waals surface area contributed by atoms with Crippen LogP contribution in [-0.2, 0) is 6.42 Å². The van der Waals surface area contributed by atoms with E-state index in [2.05, 4.69) is 44.9 Å². The molecule has 3 heteroatoms. The Morgan fingerprint density at radius 1 is 1.19 bits per heavy atom. The molecule has 3 nitrogen and oxygen atoms in total. The molecular weight excluding hydrogens is 260 g/mol. The lowest BCUT2D eigenvalue weighted by Gasteiger charge is -2.32. The van der Waals surface area contributed by atoms with Gasteiger partial charge in [-0.2, -0.15) is 0 Å². The van der Waals surface area contributed by atoms with Crippen molar-refractivity contribution in [2.75, 3.05) is 20.2 Å². The van der Waals surface area contributed by atoms with Crippen molar-refractivity contribution < 1.29 is 4.74 Å². The summed E-state index contributed by atoms with van der Waals surface area (Å²) < 4.78 is 5.54. The van der Waals surface area contributed by atoms with Crippen molar-refractivity contribution in [3.8, 4) is 5.75 Å². The highest BCUT2D eigenvalue weighted by Crippen LogP contribution is 2.33. The van der Waals surface area contributed by atoms with Gasteiger partial charge in [0.05, 0.1) is 7.11 Å². The molecule has 0 fully saturated rings. The number of aromatic nitrogens is 1. The highest BCUT2D eigenvalue weighted by molar-refractivity contribution is 5.41. The second-order valence-corrected chi connectivity index (χ2v) is 6.11. The van der Waals surface area contributed by atoms with Gasteiger partial charge < -0.3 is 10.1 Å². The van der Waals surface area contributed by atoms with Crippen LogP contribution >= 0.6 is 0 Å². The first-order valence-electron chi connectivity index (χ1n) is 8.23. The average Bonchev–Trinajstić information content (AvgIpc) is 2.49. The van der Waals surface area contributed by atoms with E-state index < -0.39 is 0 Å². The lowest BCUT2D eigenvalue weighted by molar-refractivity contribution is 0.243. The quantitative estimate of drug-likeness (QED) is 0.697. The van der Waals surface area contributed by atoms with Crippen LogP contribution in [0.5, 0.6) is 5.75 Å². The predicted molar refractivity (Wildman–Crippen MR) is 90.1 cm³/mol. The SMILES string of the molecule is CCCNCC(CC)(CC)Cc1ncc(C)c(OC)c1C. The Bertz CT molecular complexity index is 439. The van der Waals surface area contributed by atoms with E-state index in [9.17, 15) is 0 Å². The number of ether oxygens (including phenoxy) is 1. The summed E-state index contributed by atoms with van der Waals surface area (Å²) in [4.78, 5) is 4.69. The molecule has 1 heterocycles. The van der Waals surface area contributed by atoms with Crippen LogP contribution in [0.3, 0.4) is 0 Å². The van der Waals surface area contributed by atoms with Gasteiger partial charge in [0.1, 0.15) is 5.75 Å². The molecule has 21 heavy (non-hydrogen) atoms. The fourth-order valence-electron chi connectivity index (χ4n) is 2.95. The van der Waals surface area contributed by atoms with E-state index in [4.69, 9.17) is 4.74 Å². The molecule has 120 valence electrons. The van der Waals surface area contributed by atoms with E-state index in [1.165, 1.54) is 17.7 Å². The minimum atomic E-state index is 0.285. The van der Waals surface area contributed by atoms with Gasteiger partial charge in [0.25, 0.3) is 0 Å². The lowest BCUT2D eigenvalue weighted by atomic mass is 9.77. The first kappa shape index (κ1) is 18.0. The van der Waals surface area contributed by atoms with Gasteiger partial charge in [-0.3, -0.25) is 4.98 Å². The third-order valence-corrected chi connectivity index (χ3v) is 4.72. The maximum Gasteiger partial charge on any atom is 0.128 e. The van der Waals surface area contributed by atoms with Crippen molar-refractivity contribution in [3.63, 3.8) is 0 Å². The number of nitrogens with one attached hydrogen (secondary N) is 1. The molecule has 0 atom stereocenters. The van der Waals surface area contributed by atoms with Gasteiger partial charge in [-0.1, -0.05) is 20.8 Å². The van der Waals surface area contributed by atoms with E-state index in [-0.39, 0.29) is 5.41 Å². The van der Waals surface area contributed by atoms with Crippen molar-refractivity contribution in [2.45, 2.75) is 60.3 Å². The van der Waals surface area contributed by atoms with Gasteiger partial charge in [-0.15, -0.1) is 0 Å². The molecule has 0 aliphatic carbocycles. The molecule has 0 aliphatic heterocycles. The van der Waals surface area contributed by atoms with Gasteiger partial charge in [-0.05, 0) is 51.5 Å². The Morgan fingerprint density at radius 2 is 1.86 bits per heavy atom. The second kappa shape index (κ2) is 8.38. The standard InChI is InChI=1S/C18H32N2O/c1-7-10-19-13-18(8-2,9-3)11-16-15(5)17(21-6)14(4)12-20-16/h12,19H,7-11,13H2,1-6H3. The summed E-state index contributed by atoms with van der Waals surface area (Å²) in [6, 6.07) is 0. The molecule has 0 unspecified atom stereocenters. The zero-order chi connectivity index (χ0) is 15.9. The summed E-state index contributed by atoms with van der Waals surface area (Å²) >= 11 is 0. The minimum Gasteiger partial charge on any atom is -0.496 e. The lowest BCUT2D eigenvalue weighted by Crippen LogP contribution is -2.36. The largest absolute Gasteiger partial charge is 0.496 e. The summed E-state index contributed by atoms with van der Waals surface area (Å²) in [5, 5.41) is 3.60. The van der Waals surface area contributed by atoms with Crippen molar-refractivity contribution in [1.82, 2.24) is 10.3 Å². The van der Waals surface area contributed by atoms with Gasteiger partial charge >= 0.3 is 0 Å². The fraction of sp³-hybridized carbons (Fsp3) is 0.722. The molecular formula is C18H32N2O. The van der Waals surface area contributed by atoms with Crippen LogP contribution in [-0.4, -0.2) is 25.2 Å². The number of aryl methyl sites for hydroxylation is 1. The molecule has 0 amide bonds. The maximum atomic E-state index is 5.54. The molecule has 0 bridgehead atoms. The Morgan fingerprint density at radius 3 is 2.38 bits per heavy atom. The smallest absolute Gasteiger partial charge is 0.128 e. The molecule has 0 saturated heterocycles. The number of hydrogen-bond acceptors (Lipinski definition) is 3. The van der Waals surface area contributed by atoms with Crippen LogP contribution in [0.1, 0.15) is 56.9 Å². The van der Waals surface area contributed by atoms with Crippen LogP contribution in [0.2, 0.25) is 0 Å². The Kier molecular flexibility index (Phi) is 7.16. The third-order valence-electron chi connectivity index (χ3n) is 4.72.